The van der Waals surface area contributed by atoms with Gasteiger partial charge in [-0.15, -0.1) is 0 Å². The molecule has 16 heteroatoms. The summed E-state index contributed by atoms with van der Waals surface area (Å²) in [6.07, 6.45) is -5.60. The minimum atomic E-state index is -4.85. The molecule has 3 rings (SSSR count). The second kappa shape index (κ2) is 11.8. The van der Waals surface area contributed by atoms with E-state index in [-0.39, 0.29) is 35.9 Å². The van der Waals surface area contributed by atoms with Gasteiger partial charge in [0.1, 0.15) is 11.4 Å². The first-order valence-electron chi connectivity index (χ1n) is 12.6. The Balaban J connectivity index is 2.01. The highest BCUT2D eigenvalue weighted by molar-refractivity contribution is 7.93. The second-order valence-electron chi connectivity index (χ2n) is 10.4. The molecular weight excluding hydrogens is 589 g/mol. The maximum absolute atomic E-state index is 14.0. The molecular formula is C26H30F5N5O5S. The van der Waals surface area contributed by atoms with Crippen molar-refractivity contribution in [1.29, 1.82) is 0 Å². The Morgan fingerprint density at radius 2 is 1.81 bits per heavy atom. The molecule has 0 bridgehead atoms. The lowest BCUT2D eigenvalue weighted by Crippen LogP contribution is -2.48. The number of halogens is 5. The van der Waals surface area contributed by atoms with Crippen molar-refractivity contribution in [1.82, 2.24) is 10.3 Å². The molecule has 0 spiro atoms. The van der Waals surface area contributed by atoms with Crippen molar-refractivity contribution in [3.05, 3.63) is 47.2 Å². The molecule has 0 aliphatic carbocycles. The summed E-state index contributed by atoms with van der Waals surface area (Å²) in [7, 11) is -3.48. The first-order valence-corrected chi connectivity index (χ1v) is 14.5. The van der Waals surface area contributed by atoms with Crippen LogP contribution in [0.2, 0.25) is 0 Å². The second-order valence-corrected chi connectivity index (χ2v) is 12.7. The number of amides is 3. The van der Waals surface area contributed by atoms with Crippen LogP contribution in [0.4, 0.5) is 38.3 Å². The number of nitrogens with one attached hydrogen (secondary N) is 2. The van der Waals surface area contributed by atoms with E-state index in [2.05, 4.69) is 14.7 Å². The number of anilines is 2. The van der Waals surface area contributed by atoms with Crippen molar-refractivity contribution < 1.29 is 45.7 Å². The lowest BCUT2D eigenvalue weighted by molar-refractivity contribution is -0.138. The number of hydrogen-bond acceptors (Lipinski definition) is 6. The molecule has 1 aromatic carbocycles. The van der Waals surface area contributed by atoms with E-state index in [0.717, 1.165) is 13.2 Å². The van der Waals surface area contributed by atoms with Crippen LogP contribution in [-0.4, -0.2) is 63.0 Å². The number of pyridine rings is 1. The largest absolute Gasteiger partial charge is 0.465 e. The molecule has 2 heterocycles. The van der Waals surface area contributed by atoms with Crippen molar-refractivity contribution in [2.45, 2.75) is 62.6 Å². The average molecular weight is 620 g/mol. The molecule has 2 aromatic rings. The molecule has 1 unspecified atom stereocenters. The number of alkyl halides is 5. The van der Waals surface area contributed by atoms with Gasteiger partial charge in [-0.2, -0.15) is 17.5 Å². The van der Waals surface area contributed by atoms with Crippen LogP contribution in [0.25, 0.3) is 0 Å². The van der Waals surface area contributed by atoms with E-state index in [0.29, 0.717) is 6.20 Å². The van der Waals surface area contributed by atoms with Crippen LogP contribution >= 0.6 is 0 Å². The molecule has 1 aliphatic rings. The fourth-order valence-electron chi connectivity index (χ4n) is 4.31. The number of aromatic nitrogens is 1. The minimum absolute atomic E-state index is 0.0113. The lowest BCUT2D eigenvalue weighted by Gasteiger charge is -2.26. The number of carboxylic acid groups (broad SMARTS) is 1. The summed E-state index contributed by atoms with van der Waals surface area (Å²) >= 11 is 0. The van der Waals surface area contributed by atoms with E-state index in [4.69, 9.17) is 5.11 Å². The van der Waals surface area contributed by atoms with Crippen molar-refractivity contribution in [3.63, 3.8) is 0 Å². The zero-order chi connectivity index (χ0) is 31.7. The molecule has 230 valence electrons. The monoisotopic (exact) mass is 619 g/mol. The summed E-state index contributed by atoms with van der Waals surface area (Å²) < 4.78 is 86.1. The van der Waals surface area contributed by atoms with Gasteiger partial charge in [0.05, 0.1) is 20.9 Å². The standard InChI is InChI=1S/C26H30F5N5O5S/c1-15-18(26(29,30)31)14-32-20(36-11-6-9-25(27,28)10-12-36)19(15)21(37)33-16-7-5-8-17(13-16)42(4,41)35-22(38)24(2,3)34-23(39)40/h5,7-8,13-14,34H,6,9-12H2,1-4H3,(H,33,37)(H,39,40). The highest BCUT2D eigenvalue weighted by Crippen LogP contribution is 2.37. The van der Waals surface area contributed by atoms with Crippen molar-refractivity contribution >= 4 is 39.1 Å². The van der Waals surface area contributed by atoms with E-state index in [1.165, 1.54) is 43.0 Å². The Hall–Kier alpha value is -3.82. The molecule has 3 N–H and O–H groups in total. The van der Waals surface area contributed by atoms with Crippen LogP contribution in [0.15, 0.2) is 39.7 Å². The fraction of sp³-hybridized carbons (Fsp3) is 0.462. The van der Waals surface area contributed by atoms with Crippen LogP contribution < -0.4 is 15.5 Å². The van der Waals surface area contributed by atoms with Gasteiger partial charge in [0.2, 0.25) is 5.92 Å². The molecule has 10 nitrogen and oxygen atoms in total. The Kier molecular flexibility index (Phi) is 9.20. The van der Waals surface area contributed by atoms with E-state index in [1.807, 2.05) is 5.32 Å². The van der Waals surface area contributed by atoms with Gasteiger partial charge < -0.3 is 20.6 Å². The molecule has 1 aliphatic heterocycles. The first kappa shape index (κ1) is 32.7. The maximum atomic E-state index is 14.0. The number of carbonyl (C=O) groups is 3. The quantitative estimate of drug-likeness (QED) is 0.372. The maximum Gasteiger partial charge on any atom is 0.418 e. The topological polar surface area (TPSA) is 141 Å². The molecule has 1 aromatic heterocycles. The summed E-state index contributed by atoms with van der Waals surface area (Å²) in [5.74, 6) is -5.18. The summed E-state index contributed by atoms with van der Waals surface area (Å²) in [5, 5.41) is 13.3. The summed E-state index contributed by atoms with van der Waals surface area (Å²) in [4.78, 5) is 42.2. The van der Waals surface area contributed by atoms with Crippen LogP contribution in [-0.2, 0) is 20.7 Å². The zero-order valence-electron chi connectivity index (χ0n) is 23.1. The van der Waals surface area contributed by atoms with Crippen molar-refractivity contribution in [3.8, 4) is 0 Å². The van der Waals surface area contributed by atoms with Gasteiger partial charge in [0.15, 0.2) is 0 Å². The third kappa shape index (κ3) is 7.72. The van der Waals surface area contributed by atoms with Crippen molar-refractivity contribution in [2.75, 3.05) is 29.6 Å². The lowest BCUT2D eigenvalue weighted by atomic mass is 10.0. The van der Waals surface area contributed by atoms with E-state index >= 15 is 0 Å². The number of hydrogen-bond donors (Lipinski definition) is 3. The van der Waals surface area contributed by atoms with Crippen LogP contribution in [0, 0.1) is 6.92 Å². The Morgan fingerprint density at radius 3 is 2.43 bits per heavy atom. The normalized spacial score (nSPS) is 17.0. The Morgan fingerprint density at radius 1 is 1.14 bits per heavy atom. The predicted octanol–water partition coefficient (Wildman–Crippen LogP) is 5.32. The number of carbonyl (C=O) groups excluding carboxylic acids is 2. The first-order chi connectivity index (χ1) is 19.2. The van der Waals surface area contributed by atoms with Crippen molar-refractivity contribution in [2.24, 2.45) is 4.36 Å². The SMILES string of the molecule is Cc1c(C(F)(F)F)cnc(N2CCCC(F)(F)CC2)c1C(=O)Nc1cccc(S(C)(=O)=NC(=O)C(C)(C)NC(=O)O)c1. The predicted molar refractivity (Wildman–Crippen MR) is 144 cm³/mol. The summed E-state index contributed by atoms with van der Waals surface area (Å²) in [6, 6.07) is 5.27. The van der Waals surface area contributed by atoms with Gasteiger partial charge >= 0.3 is 12.3 Å². The molecule has 1 saturated heterocycles. The fourth-order valence-corrected chi connectivity index (χ4v) is 5.64. The summed E-state index contributed by atoms with van der Waals surface area (Å²) in [6.45, 7) is 3.36. The highest BCUT2D eigenvalue weighted by atomic mass is 32.2. The van der Waals surface area contributed by atoms with E-state index < -0.39 is 74.8 Å². The van der Waals surface area contributed by atoms with Gasteiger partial charge in [0.25, 0.3) is 11.8 Å². The molecule has 42 heavy (non-hydrogen) atoms. The third-order valence-electron chi connectivity index (χ3n) is 6.61. The number of nitrogens with zero attached hydrogens (tertiary/aromatic N) is 3. The Bertz CT molecular complexity index is 1520. The highest BCUT2D eigenvalue weighted by Gasteiger charge is 2.38. The van der Waals surface area contributed by atoms with Crippen LogP contribution in [0.5, 0.6) is 0 Å². The average Bonchev–Trinajstić information content (AvgIpc) is 3.02. The van der Waals surface area contributed by atoms with E-state index in [1.54, 1.807) is 0 Å². The number of rotatable bonds is 6. The minimum Gasteiger partial charge on any atom is -0.465 e. The van der Waals surface area contributed by atoms with Gasteiger partial charge in [0, 0.05) is 49.0 Å². The zero-order valence-corrected chi connectivity index (χ0v) is 24.0. The molecule has 1 fully saturated rings. The summed E-state index contributed by atoms with van der Waals surface area (Å²) in [5.41, 5.74) is -3.79. The van der Waals surface area contributed by atoms with Gasteiger partial charge in [-0.3, -0.25) is 9.59 Å². The smallest absolute Gasteiger partial charge is 0.418 e. The van der Waals surface area contributed by atoms with E-state index in [9.17, 15) is 40.5 Å². The van der Waals surface area contributed by atoms with Crippen LogP contribution in [0.1, 0.15) is 54.6 Å². The van der Waals surface area contributed by atoms with Gasteiger partial charge in [-0.1, -0.05) is 6.07 Å². The molecule has 3 amide bonds. The van der Waals surface area contributed by atoms with Gasteiger partial charge in [-0.25, -0.2) is 22.8 Å². The number of benzene rings is 1. The molecule has 0 radical (unpaired) electrons. The van der Waals surface area contributed by atoms with Gasteiger partial charge in [-0.05, 0) is 51.0 Å². The Labute approximate surface area is 238 Å². The molecule has 1 atom stereocenters. The van der Waals surface area contributed by atoms with Crippen LogP contribution in [0.3, 0.4) is 0 Å². The third-order valence-corrected chi connectivity index (χ3v) is 8.25. The molecule has 0 saturated carbocycles.